The molecule has 0 spiro atoms. The fraction of sp³-hybridized carbons (Fsp3) is 0.381. The van der Waals surface area contributed by atoms with Crippen LogP contribution in [0.25, 0.3) is 11.0 Å². The van der Waals surface area contributed by atoms with Gasteiger partial charge < -0.3 is 20.5 Å². The lowest BCUT2D eigenvalue weighted by atomic mass is 10.3. The molecule has 0 amide bonds. The number of guanidine groups is 1. The molecule has 3 aromatic rings. The third kappa shape index (κ3) is 4.79. The number of hydrogen-bond acceptors (Lipinski definition) is 4. The minimum absolute atomic E-state index is 0.303. The van der Waals surface area contributed by atoms with Gasteiger partial charge in [0.1, 0.15) is 11.6 Å². The van der Waals surface area contributed by atoms with Crippen molar-refractivity contribution in [3.63, 3.8) is 0 Å². The number of benzene rings is 1. The number of H-pyrrole nitrogens is 1. The minimum Gasteiger partial charge on any atom is -0.357 e. The van der Waals surface area contributed by atoms with Crippen LogP contribution in [-0.4, -0.2) is 53.1 Å². The van der Waals surface area contributed by atoms with Crippen molar-refractivity contribution in [2.24, 2.45) is 4.99 Å². The van der Waals surface area contributed by atoms with Crippen molar-refractivity contribution in [3.8, 4) is 0 Å². The van der Waals surface area contributed by atoms with Gasteiger partial charge in [0.25, 0.3) is 0 Å². The van der Waals surface area contributed by atoms with Crippen molar-refractivity contribution in [1.82, 2.24) is 25.6 Å². The van der Waals surface area contributed by atoms with Crippen LogP contribution in [0.3, 0.4) is 0 Å². The second-order valence-electron chi connectivity index (χ2n) is 7.10. The molecule has 1 atom stereocenters. The lowest BCUT2D eigenvalue weighted by Crippen LogP contribution is -2.44. The zero-order valence-electron chi connectivity index (χ0n) is 16.5. The highest BCUT2D eigenvalue weighted by atomic mass is 35.5. The molecule has 0 aliphatic carbocycles. The molecule has 1 aromatic carbocycles. The second-order valence-corrected chi connectivity index (χ2v) is 7.50. The van der Waals surface area contributed by atoms with Crippen molar-refractivity contribution < 1.29 is 0 Å². The highest BCUT2D eigenvalue weighted by molar-refractivity contribution is 6.32. The number of pyridine rings is 1. The first-order valence-corrected chi connectivity index (χ1v) is 10.4. The molecule has 3 N–H and O–H groups in total. The van der Waals surface area contributed by atoms with Crippen molar-refractivity contribution in [2.45, 2.75) is 25.8 Å². The zero-order valence-corrected chi connectivity index (χ0v) is 17.3. The minimum atomic E-state index is 0.303. The van der Waals surface area contributed by atoms with Gasteiger partial charge in [0, 0.05) is 44.8 Å². The number of para-hydroxylation sites is 2. The molecule has 0 radical (unpaired) electrons. The fourth-order valence-corrected chi connectivity index (χ4v) is 3.83. The van der Waals surface area contributed by atoms with Gasteiger partial charge in [0.2, 0.25) is 0 Å². The second kappa shape index (κ2) is 9.13. The van der Waals surface area contributed by atoms with Crippen LogP contribution >= 0.6 is 11.6 Å². The van der Waals surface area contributed by atoms with Crippen LogP contribution in [0.5, 0.6) is 0 Å². The number of aliphatic imine (C=N–C) groups is 1. The summed E-state index contributed by atoms with van der Waals surface area (Å²) in [4.78, 5) is 19.3. The SMILES string of the molecule is CCNC(=NCCc1nc2ccccc2[nH]1)NC1CCN(c2ncccc2Cl)C1. The highest BCUT2D eigenvalue weighted by Gasteiger charge is 2.25. The Balaban J connectivity index is 1.34. The lowest BCUT2D eigenvalue weighted by molar-refractivity contribution is 0.648. The van der Waals surface area contributed by atoms with E-state index in [9.17, 15) is 0 Å². The summed E-state index contributed by atoms with van der Waals surface area (Å²) in [5.41, 5.74) is 2.06. The summed E-state index contributed by atoms with van der Waals surface area (Å²) in [5.74, 6) is 2.65. The van der Waals surface area contributed by atoms with E-state index in [1.165, 1.54) is 0 Å². The Morgan fingerprint density at radius 3 is 3.03 bits per heavy atom. The number of halogens is 1. The first kappa shape index (κ1) is 19.5. The lowest BCUT2D eigenvalue weighted by Gasteiger charge is -2.20. The van der Waals surface area contributed by atoms with Crippen LogP contribution in [-0.2, 0) is 6.42 Å². The molecule has 1 unspecified atom stereocenters. The number of aromatic nitrogens is 3. The predicted octanol–water partition coefficient (Wildman–Crippen LogP) is 2.99. The maximum atomic E-state index is 6.29. The summed E-state index contributed by atoms with van der Waals surface area (Å²) < 4.78 is 0. The van der Waals surface area contributed by atoms with Gasteiger partial charge >= 0.3 is 0 Å². The Labute approximate surface area is 175 Å². The van der Waals surface area contributed by atoms with E-state index in [1.807, 2.05) is 36.4 Å². The van der Waals surface area contributed by atoms with Crippen LogP contribution in [0.15, 0.2) is 47.6 Å². The first-order valence-electron chi connectivity index (χ1n) is 10.1. The largest absolute Gasteiger partial charge is 0.357 e. The van der Waals surface area contributed by atoms with E-state index in [1.54, 1.807) is 6.20 Å². The van der Waals surface area contributed by atoms with Gasteiger partial charge in [-0.25, -0.2) is 9.97 Å². The van der Waals surface area contributed by atoms with Crippen molar-refractivity contribution in [1.29, 1.82) is 0 Å². The smallest absolute Gasteiger partial charge is 0.191 e. The third-order valence-corrected chi connectivity index (χ3v) is 5.26. The van der Waals surface area contributed by atoms with Gasteiger partial charge in [-0.05, 0) is 37.6 Å². The Bertz CT molecular complexity index is 951. The third-order valence-electron chi connectivity index (χ3n) is 4.97. The number of imidazole rings is 1. The van der Waals surface area contributed by atoms with Gasteiger partial charge in [-0.15, -0.1) is 0 Å². The van der Waals surface area contributed by atoms with Crippen molar-refractivity contribution >= 4 is 34.4 Å². The van der Waals surface area contributed by atoms with Gasteiger partial charge in [0.15, 0.2) is 5.96 Å². The predicted molar refractivity (Wildman–Crippen MR) is 119 cm³/mol. The normalized spacial score (nSPS) is 17.1. The Hall–Kier alpha value is -2.80. The summed E-state index contributed by atoms with van der Waals surface area (Å²) in [7, 11) is 0. The number of rotatable bonds is 6. The van der Waals surface area contributed by atoms with E-state index in [0.717, 1.165) is 61.1 Å². The number of hydrogen-bond donors (Lipinski definition) is 3. The van der Waals surface area contributed by atoms with Crippen LogP contribution in [0.2, 0.25) is 5.02 Å². The molecular weight excluding hydrogens is 386 g/mol. The zero-order chi connectivity index (χ0) is 20.1. The van der Waals surface area contributed by atoms with E-state index in [-0.39, 0.29) is 0 Å². The van der Waals surface area contributed by atoms with E-state index in [0.29, 0.717) is 17.6 Å². The average molecular weight is 412 g/mol. The molecular formula is C21H26ClN7. The molecule has 3 heterocycles. The van der Waals surface area contributed by atoms with Crippen molar-refractivity contribution in [3.05, 3.63) is 53.4 Å². The Kier molecular flexibility index (Phi) is 6.14. The summed E-state index contributed by atoms with van der Waals surface area (Å²) in [6.45, 7) is 5.33. The van der Waals surface area contributed by atoms with Crippen LogP contribution in [0.1, 0.15) is 19.2 Å². The summed E-state index contributed by atoms with van der Waals surface area (Å²) >= 11 is 6.29. The van der Waals surface area contributed by atoms with Gasteiger partial charge in [0.05, 0.1) is 16.1 Å². The maximum absolute atomic E-state index is 6.29. The molecule has 7 nitrogen and oxygen atoms in total. The summed E-state index contributed by atoms with van der Waals surface area (Å²) in [6, 6.07) is 12.1. The molecule has 1 fully saturated rings. The first-order chi connectivity index (χ1) is 14.2. The number of anilines is 1. The summed E-state index contributed by atoms with van der Waals surface area (Å²) in [6.07, 6.45) is 3.57. The maximum Gasteiger partial charge on any atom is 0.191 e. The molecule has 4 rings (SSSR count). The number of fused-ring (bicyclic) bond motifs is 1. The molecule has 29 heavy (non-hydrogen) atoms. The van der Waals surface area contributed by atoms with Gasteiger partial charge in [-0.3, -0.25) is 4.99 Å². The molecule has 1 aliphatic heterocycles. The quantitative estimate of drug-likeness (QED) is 0.429. The van der Waals surface area contributed by atoms with E-state index in [2.05, 4.69) is 37.4 Å². The van der Waals surface area contributed by atoms with Gasteiger partial charge in [-0.2, -0.15) is 0 Å². The van der Waals surface area contributed by atoms with E-state index in [4.69, 9.17) is 16.6 Å². The molecule has 0 saturated carbocycles. The Morgan fingerprint density at radius 2 is 2.21 bits per heavy atom. The monoisotopic (exact) mass is 411 g/mol. The summed E-state index contributed by atoms with van der Waals surface area (Å²) in [5, 5.41) is 7.58. The Morgan fingerprint density at radius 1 is 1.31 bits per heavy atom. The molecule has 152 valence electrons. The molecule has 2 aromatic heterocycles. The molecule has 1 saturated heterocycles. The number of aromatic amines is 1. The molecule has 8 heteroatoms. The molecule has 0 bridgehead atoms. The van der Waals surface area contributed by atoms with Crippen LogP contribution < -0.4 is 15.5 Å². The number of nitrogens with zero attached hydrogens (tertiary/aromatic N) is 4. The average Bonchev–Trinajstić information content (AvgIpc) is 3.35. The van der Waals surface area contributed by atoms with E-state index >= 15 is 0 Å². The molecule has 1 aliphatic rings. The topological polar surface area (TPSA) is 81.2 Å². The van der Waals surface area contributed by atoms with E-state index < -0.39 is 0 Å². The fourth-order valence-electron chi connectivity index (χ4n) is 3.59. The van der Waals surface area contributed by atoms with Gasteiger partial charge in [-0.1, -0.05) is 23.7 Å². The number of nitrogens with one attached hydrogen (secondary N) is 3. The van der Waals surface area contributed by atoms with Crippen LogP contribution in [0.4, 0.5) is 5.82 Å². The standard InChI is InChI=1S/C21H26ClN7/c1-2-23-21(25-12-9-19-27-17-7-3-4-8-18(17)28-19)26-15-10-13-29(14-15)20-16(22)6-5-11-24-20/h3-8,11,15H,2,9-10,12-14H2,1H3,(H,27,28)(H2,23,25,26). The van der Waals surface area contributed by atoms with Crippen molar-refractivity contribution in [2.75, 3.05) is 31.1 Å². The highest BCUT2D eigenvalue weighted by Crippen LogP contribution is 2.25. The van der Waals surface area contributed by atoms with Crippen LogP contribution in [0, 0.1) is 0 Å².